The second kappa shape index (κ2) is 9.66. The van der Waals surface area contributed by atoms with Gasteiger partial charge in [0, 0.05) is 51.2 Å². The topological polar surface area (TPSA) is 74.7 Å². The van der Waals surface area contributed by atoms with Crippen molar-refractivity contribution in [1.82, 2.24) is 20.6 Å². The van der Waals surface area contributed by atoms with Gasteiger partial charge in [-0.25, -0.2) is 9.97 Å². The summed E-state index contributed by atoms with van der Waals surface area (Å²) in [5.74, 6) is 1.79. The molecule has 2 N–H and O–H groups in total. The van der Waals surface area contributed by atoms with Crippen LogP contribution in [0.15, 0.2) is 28.7 Å². The molecule has 2 aromatic rings. The largest absolute Gasteiger partial charge is 0.375 e. The van der Waals surface area contributed by atoms with Crippen molar-refractivity contribution in [2.75, 3.05) is 38.2 Å². The molecule has 27 heavy (non-hydrogen) atoms. The predicted octanol–water partition coefficient (Wildman–Crippen LogP) is 1.98. The molecule has 1 atom stereocenters. The lowest BCUT2D eigenvalue weighted by Gasteiger charge is -2.32. The van der Waals surface area contributed by atoms with Gasteiger partial charge < -0.3 is 20.3 Å². The maximum Gasteiger partial charge on any atom is 0.191 e. The normalized spacial score (nSPS) is 17.8. The summed E-state index contributed by atoms with van der Waals surface area (Å²) in [6.07, 6.45) is 3.07. The van der Waals surface area contributed by atoms with Crippen LogP contribution in [0.1, 0.15) is 23.2 Å². The Morgan fingerprint density at radius 1 is 1.41 bits per heavy atom. The Morgan fingerprint density at radius 3 is 2.96 bits per heavy atom. The molecule has 0 aromatic carbocycles. The third-order valence-corrected chi connectivity index (χ3v) is 5.22. The molecule has 3 rings (SSSR count). The number of rotatable bonds is 6. The molecule has 8 heteroatoms. The summed E-state index contributed by atoms with van der Waals surface area (Å²) in [6, 6.07) is 4.19. The van der Waals surface area contributed by atoms with Crippen LogP contribution in [-0.4, -0.2) is 55.3 Å². The van der Waals surface area contributed by atoms with Crippen LogP contribution < -0.4 is 15.5 Å². The van der Waals surface area contributed by atoms with E-state index < -0.39 is 0 Å². The van der Waals surface area contributed by atoms with Crippen LogP contribution in [0.3, 0.4) is 0 Å². The monoisotopic (exact) mass is 388 g/mol. The predicted molar refractivity (Wildman–Crippen MR) is 111 cm³/mol. The number of hydrogen-bond acceptors (Lipinski definition) is 6. The second-order valence-corrected chi connectivity index (χ2v) is 7.67. The van der Waals surface area contributed by atoms with E-state index in [9.17, 15) is 0 Å². The molecule has 0 saturated carbocycles. The zero-order chi connectivity index (χ0) is 19.1. The van der Waals surface area contributed by atoms with Crippen molar-refractivity contribution < 1.29 is 4.74 Å². The molecule has 1 aliphatic heterocycles. The van der Waals surface area contributed by atoms with Crippen molar-refractivity contribution in [3.63, 3.8) is 0 Å². The van der Waals surface area contributed by atoms with E-state index in [-0.39, 0.29) is 6.10 Å². The fourth-order valence-electron chi connectivity index (χ4n) is 2.97. The molecule has 7 nitrogen and oxygen atoms in total. The molecular weight excluding hydrogens is 360 g/mol. The Balaban J connectivity index is 1.43. The number of aliphatic imine (C=N–C) groups is 1. The van der Waals surface area contributed by atoms with E-state index in [2.05, 4.69) is 54.9 Å². The van der Waals surface area contributed by atoms with Crippen molar-refractivity contribution in [2.24, 2.45) is 4.99 Å². The highest BCUT2D eigenvalue weighted by atomic mass is 32.1. The van der Waals surface area contributed by atoms with Crippen molar-refractivity contribution in [2.45, 2.75) is 32.9 Å². The number of morpholine rings is 1. The summed E-state index contributed by atoms with van der Waals surface area (Å²) in [5, 5.41) is 9.87. The van der Waals surface area contributed by atoms with Gasteiger partial charge in [0.15, 0.2) is 5.96 Å². The Bertz CT molecular complexity index is 745. The van der Waals surface area contributed by atoms with E-state index in [4.69, 9.17) is 4.74 Å². The molecule has 0 amide bonds. The number of thiazole rings is 1. The zero-order valence-electron chi connectivity index (χ0n) is 16.2. The number of nitrogens with zero attached hydrogens (tertiary/aromatic N) is 4. The van der Waals surface area contributed by atoms with Crippen LogP contribution in [-0.2, 0) is 17.7 Å². The minimum Gasteiger partial charge on any atom is -0.375 e. The number of ether oxygens (including phenoxy) is 1. The third kappa shape index (κ3) is 5.90. The first kappa shape index (κ1) is 19.6. The lowest BCUT2D eigenvalue weighted by molar-refractivity contribution is 0.0529. The first-order valence-corrected chi connectivity index (χ1v) is 10.2. The summed E-state index contributed by atoms with van der Waals surface area (Å²) in [6.45, 7) is 8.15. The standard InChI is InChI=1S/C19H28N6OS/c1-14-12-25(8-9-26-14)18-5-4-16(10-22-18)11-23-19(20-3)21-7-6-17-13-27-15(2)24-17/h4-5,10,13-14H,6-9,11-12H2,1-3H3,(H2,20,21,23). The SMILES string of the molecule is CN=C(NCCc1csc(C)n1)NCc1ccc(N2CCOC(C)C2)nc1. The summed E-state index contributed by atoms with van der Waals surface area (Å²) >= 11 is 1.69. The minimum atomic E-state index is 0.254. The van der Waals surface area contributed by atoms with Gasteiger partial charge in [-0.15, -0.1) is 11.3 Å². The van der Waals surface area contributed by atoms with Gasteiger partial charge in [0.2, 0.25) is 0 Å². The van der Waals surface area contributed by atoms with Crippen molar-refractivity contribution >= 4 is 23.1 Å². The van der Waals surface area contributed by atoms with Gasteiger partial charge in [-0.3, -0.25) is 4.99 Å². The minimum absolute atomic E-state index is 0.254. The van der Waals surface area contributed by atoms with E-state index in [1.54, 1.807) is 18.4 Å². The Labute approximate surface area is 164 Å². The number of nitrogens with one attached hydrogen (secondary N) is 2. The lowest BCUT2D eigenvalue weighted by Crippen LogP contribution is -2.41. The average Bonchev–Trinajstić information content (AvgIpc) is 3.10. The van der Waals surface area contributed by atoms with E-state index in [1.807, 2.05) is 13.1 Å². The number of guanidine groups is 1. The first-order valence-electron chi connectivity index (χ1n) is 9.31. The first-order chi connectivity index (χ1) is 13.1. The molecule has 1 unspecified atom stereocenters. The fourth-order valence-corrected chi connectivity index (χ4v) is 3.62. The molecule has 0 bridgehead atoms. The number of pyridine rings is 1. The quantitative estimate of drug-likeness (QED) is 0.582. The molecule has 1 fully saturated rings. The molecule has 1 aliphatic rings. The Hall–Kier alpha value is -2.19. The number of aryl methyl sites for hydroxylation is 1. The van der Waals surface area contributed by atoms with Crippen molar-refractivity contribution in [3.8, 4) is 0 Å². The molecule has 2 aromatic heterocycles. The van der Waals surface area contributed by atoms with Crippen LogP contribution >= 0.6 is 11.3 Å². The highest BCUT2D eigenvalue weighted by Gasteiger charge is 2.17. The van der Waals surface area contributed by atoms with Crippen LogP contribution in [0, 0.1) is 6.92 Å². The average molecular weight is 389 g/mol. The smallest absolute Gasteiger partial charge is 0.191 e. The third-order valence-electron chi connectivity index (χ3n) is 4.40. The van der Waals surface area contributed by atoms with Gasteiger partial charge in [-0.1, -0.05) is 6.07 Å². The summed E-state index contributed by atoms with van der Waals surface area (Å²) in [5.41, 5.74) is 2.25. The highest BCUT2D eigenvalue weighted by molar-refractivity contribution is 7.09. The summed E-state index contributed by atoms with van der Waals surface area (Å²) < 4.78 is 5.59. The van der Waals surface area contributed by atoms with E-state index >= 15 is 0 Å². The van der Waals surface area contributed by atoms with Gasteiger partial charge in [-0.05, 0) is 25.5 Å². The van der Waals surface area contributed by atoms with E-state index in [0.29, 0.717) is 6.54 Å². The van der Waals surface area contributed by atoms with E-state index in [1.165, 1.54) is 0 Å². The molecule has 3 heterocycles. The van der Waals surface area contributed by atoms with Crippen LogP contribution in [0.5, 0.6) is 0 Å². The van der Waals surface area contributed by atoms with Crippen LogP contribution in [0.25, 0.3) is 0 Å². The Kier molecular flexibility index (Phi) is 7.00. The number of aromatic nitrogens is 2. The molecular formula is C19H28N6OS. The maximum absolute atomic E-state index is 5.59. The molecule has 0 spiro atoms. The summed E-state index contributed by atoms with van der Waals surface area (Å²) in [7, 11) is 1.78. The van der Waals surface area contributed by atoms with Crippen LogP contribution in [0.2, 0.25) is 0 Å². The highest BCUT2D eigenvalue weighted by Crippen LogP contribution is 2.15. The second-order valence-electron chi connectivity index (χ2n) is 6.61. The maximum atomic E-state index is 5.59. The Morgan fingerprint density at radius 2 is 2.30 bits per heavy atom. The molecule has 1 saturated heterocycles. The van der Waals surface area contributed by atoms with Crippen molar-refractivity contribution in [3.05, 3.63) is 40.0 Å². The molecule has 146 valence electrons. The summed E-state index contributed by atoms with van der Waals surface area (Å²) in [4.78, 5) is 15.6. The van der Waals surface area contributed by atoms with Gasteiger partial charge in [0.05, 0.1) is 23.4 Å². The van der Waals surface area contributed by atoms with Gasteiger partial charge in [-0.2, -0.15) is 0 Å². The van der Waals surface area contributed by atoms with Crippen LogP contribution in [0.4, 0.5) is 5.82 Å². The number of hydrogen-bond donors (Lipinski definition) is 2. The van der Waals surface area contributed by atoms with E-state index in [0.717, 1.165) is 60.7 Å². The lowest BCUT2D eigenvalue weighted by atomic mass is 10.2. The fraction of sp³-hybridized carbons (Fsp3) is 0.526. The van der Waals surface area contributed by atoms with Crippen molar-refractivity contribution in [1.29, 1.82) is 0 Å². The van der Waals surface area contributed by atoms with Gasteiger partial charge >= 0.3 is 0 Å². The molecule has 0 aliphatic carbocycles. The molecule has 0 radical (unpaired) electrons. The van der Waals surface area contributed by atoms with Gasteiger partial charge in [0.1, 0.15) is 5.82 Å². The van der Waals surface area contributed by atoms with Gasteiger partial charge in [0.25, 0.3) is 0 Å². The number of anilines is 1. The zero-order valence-corrected chi connectivity index (χ0v) is 17.1.